The number of nitrogens with zero attached hydrogens (tertiary/aromatic N) is 4. The molecule has 1 aromatic carbocycles. The summed E-state index contributed by atoms with van der Waals surface area (Å²) in [5, 5.41) is 0.780. The molecule has 6 nitrogen and oxygen atoms in total. The van der Waals surface area contributed by atoms with Crippen LogP contribution in [0.1, 0.15) is 52.4 Å². The number of carbonyl (C=O) groups is 1. The van der Waals surface area contributed by atoms with Crippen molar-refractivity contribution in [3.05, 3.63) is 106 Å². The zero-order valence-corrected chi connectivity index (χ0v) is 18.6. The van der Waals surface area contributed by atoms with Gasteiger partial charge in [0.25, 0.3) is 11.5 Å². The van der Waals surface area contributed by atoms with Gasteiger partial charge in [-0.25, -0.2) is 4.98 Å². The fourth-order valence-electron chi connectivity index (χ4n) is 4.63. The van der Waals surface area contributed by atoms with Crippen LogP contribution in [0.2, 0.25) is 0 Å². The second-order valence-corrected chi connectivity index (χ2v) is 8.65. The molecule has 0 bridgehead atoms. The van der Waals surface area contributed by atoms with Crippen LogP contribution >= 0.6 is 0 Å². The van der Waals surface area contributed by atoms with Crippen LogP contribution < -0.4 is 5.56 Å². The van der Waals surface area contributed by atoms with Crippen LogP contribution in [0.5, 0.6) is 0 Å². The third-order valence-electron chi connectivity index (χ3n) is 6.37. The van der Waals surface area contributed by atoms with E-state index in [1.165, 1.54) is 0 Å². The van der Waals surface area contributed by atoms with Gasteiger partial charge in [-0.1, -0.05) is 35.9 Å². The maximum atomic E-state index is 13.8. The summed E-state index contributed by atoms with van der Waals surface area (Å²) in [6.07, 6.45) is 8.06. The molecule has 0 spiro atoms. The third-order valence-corrected chi connectivity index (χ3v) is 6.37. The van der Waals surface area contributed by atoms with E-state index < -0.39 is 0 Å². The number of fused-ring (bicyclic) bond motifs is 1. The summed E-state index contributed by atoms with van der Waals surface area (Å²) in [6.45, 7) is 3.02. The fourth-order valence-corrected chi connectivity index (χ4v) is 4.63. The monoisotopic (exact) mass is 438 g/mol. The van der Waals surface area contributed by atoms with Gasteiger partial charge in [-0.2, -0.15) is 0 Å². The Bertz CT molecular complexity index is 1350. The van der Waals surface area contributed by atoms with E-state index in [1.54, 1.807) is 23.0 Å². The van der Waals surface area contributed by atoms with E-state index in [0.717, 1.165) is 41.3 Å². The molecule has 1 unspecified atom stereocenters. The van der Waals surface area contributed by atoms with Gasteiger partial charge in [-0.15, -0.1) is 0 Å². The van der Waals surface area contributed by atoms with Gasteiger partial charge in [0, 0.05) is 30.5 Å². The van der Waals surface area contributed by atoms with Gasteiger partial charge in [0.15, 0.2) is 0 Å². The molecule has 1 aliphatic rings. The zero-order chi connectivity index (χ0) is 22.8. The highest BCUT2D eigenvalue weighted by Gasteiger charge is 2.31. The highest BCUT2D eigenvalue weighted by Crippen LogP contribution is 2.31. The number of hydrogen-bond donors (Lipinski definition) is 0. The van der Waals surface area contributed by atoms with Crippen LogP contribution in [0.15, 0.2) is 78.0 Å². The summed E-state index contributed by atoms with van der Waals surface area (Å²) in [4.78, 5) is 38.0. The van der Waals surface area contributed by atoms with Crippen molar-refractivity contribution in [1.82, 2.24) is 19.4 Å². The van der Waals surface area contributed by atoms with Gasteiger partial charge in [0.2, 0.25) is 0 Å². The molecule has 4 aromatic rings. The van der Waals surface area contributed by atoms with E-state index in [2.05, 4.69) is 9.97 Å². The van der Waals surface area contributed by atoms with Crippen molar-refractivity contribution in [1.29, 1.82) is 0 Å². The molecular weight excluding hydrogens is 412 g/mol. The lowest BCUT2D eigenvalue weighted by Crippen LogP contribution is -2.41. The second-order valence-electron chi connectivity index (χ2n) is 8.65. The molecule has 6 heteroatoms. The molecule has 1 saturated heterocycles. The van der Waals surface area contributed by atoms with E-state index >= 15 is 0 Å². The Balaban J connectivity index is 1.59. The third kappa shape index (κ3) is 4.16. The standard InChI is InChI=1S/C27H26N4O2/c1-19-9-11-20(12-10-19)18-31-25-21(6-5-14-29-25)16-23(27(31)33)26(32)30-15-3-2-8-24(30)22-7-4-13-28-17-22/h4-7,9-14,16-17,24H,2-3,8,15,18H2,1H3. The van der Waals surface area contributed by atoms with Gasteiger partial charge < -0.3 is 4.90 Å². The van der Waals surface area contributed by atoms with E-state index in [1.807, 2.05) is 66.6 Å². The summed E-state index contributed by atoms with van der Waals surface area (Å²) in [6, 6.07) is 17.3. The predicted molar refractivity (Wildman–Crippen MR) is 128 cm³/mol. The van der Waals surface area contributed by atoms with Crippen molar-refractivity contribution < 1.29 is 4.79 Å². The van der Waals surface area contributed by atoms with Crippen molar-refractivity contribution >= 4 is 16.9 Å². The number of amides is 1. The topological polar surface area (TPSA) is 68.1 Å². The van der Waals surface area contributed by atoms with Crippen LogP contribution in [0.3, 0.4) is 0 Å². The van der Waals surface area contributed by atoms with Crippen molar-refractivity contribution in [2.24, 2.45) is 0 Å². The molecule has 1 aliphatic heterocycles. The smallest absolute Gasteiger partial charge is 0.265 e. The largest absolute Gasteiger partial charge is 0.331 e. The minimum Gasteiger partial charge on any atom is -0.331 e. The minimum absolute atomic E-state index is 0.0745. The van der Waals surface area contributed by atoms with Crippen LogP contribution in [0, 0.1) is 6.92 Å². The highest BCUT2D eigenvalue weighted by molar-refractivity contribution is 5.97. The predicted octanol–water partition coefficient (Wildman–Crippen LogP) is 4.52. The number of piperidine rings is 1. The zero-order valence-electron chi connectivity index (χ0n) is 18.6. The van der Waals surface area contributed by atoms with E-state index in [9.17, 15) is 9.59 Å². The van der Waals surface area contributed by atoms with Crippen molar-refractivity contribution in [2.45, 2.75) is 38.8 Å². The number of carbonyl (C=O) groups excluding carboxylic acids is 1. The summed E-state index contributed by atoms with van der Waals surface area (Å²) in [5.74, 6) is -0.225. The first kappa shape index (κ1) is 21.1. The molecule has 0 saturated carbocycles. The SMILES string of the molecule is Cc1ccc(Cn2c(=O)c(C(=O)N3CCCCC3c3cccnc3)cc3cccnc32)cc1. The molecule has 5 rings (SSSR count). The van der Waals surface area contributed by atoms with Gasteiger partial charge in [0.1, 0.15) is 11.2 Å². The molecule has 4 heterocycles. The fraction of sp³-hybridized carbons (Fsp3) is 0.259. The van der Waals surface area contributed by atoms with E-state index in [4.69, 9.17) is 0 Å². The van der Waals surface area contributed by atoms with Crippen LogP contribution in [0.4, 0.5) is 0 Å². The Kier molecular flexibility index (Phi) is 5.73. The maximum Gasteiger partial charge on any atom is 0.265 e. The average Bonchev–Trinajstić information content (AvgIpc) is 2.87. The van der Waals surface area contributed by atoms with Crippen LogP contribution in [0.25, 0.3) is 11.0 Å². The Morgan fingerprint density at radius 3 is 2.67 bits per heavy atom. The normalized spacial score (nSPS) is 16.2. The number of rotatable bonds is 4. The molecule has 1 fully saturated rings. The Morgan fingerprint density at radius 2 is 1.88 bits per heavy atom. The number of aryl methyl sites for hydroxylation is 1. The lowest BCUT2D eigenvalue weighted by atomic mass is 9.95. The second kappa shape index (κ2) is 8.98. The van der Waals surface area contributed by atoms with Crippen molar-refractivity contribution in [2.75, 3.05) is 6.54 Å². The van der Waals surface area contributed by atoms with E-state index in [-0.39, 0.29) is 23.1 Å². The van der Waals surface area contributed by atoms with Gasteiger partial charge in [-0.05, 0) is 61.6 Å². The summed E-state index contributed by atoms with van der Waals surface area (Å²) >= 11 is 0. The van der Waals surface area contributed by atoms with Crippen molar-refractivity contribution in [3.63, 3.8) is 0 Å². The van der Waals surface area contributed by atoms with E-state index in [0.29, 0.717) is 18.7 Å². The molecular formula is C27H26N4O2. The Hall–Kier alpha value is -3.80. The first-order valence-electron chi connectivity index (χ1n) is 11.4. The Morgan fingerprint density at radius 1 is 1.06 bits per heavy atom. The molecule has 166 valence electrons. The van der Waals surface area contributed by atoms with Crippen molar-refractivity contribution in [3.8, 4) is 0 Å². The quantitative estimate of drug-likeness (QED) is 0.470. The lowest BCUT2D eigenvalue weighted by molar-refractivity contribution is 0.0609. The van der Waals surface area contributed by atoms with Crippen LogP contribution in [-0.2, 0) is 6.54 Å². The summed E-state index contributed by atoms with van der Waals surface area (Å²) in [7, 11) is 0. The average molecular weight is 439 g/mol. The first-order chi connectivity index (χ1) is 16.1. The first-order valence-corrected chi connectivity index (χ1v) is 11.4. The lowest BCUT2D eigenvalue weighted by Gasteiger charge is -2.36. The number of pyridine rings is 3. The Labute approximate surface area is 192 Å². The van der Waals surface area contributed by atoms with Gasteiger partial charge in [0.05, 0.1) is 12.6 Å². The summed E-state index contributed by atoms with van der Waals surface area (Å²) < 4.78 is 1.62. The number of benzene rings is 1. The molecule has 1 atom stereocenters. The maximum absolute atomic E-state index is 13.8. The van der Waals surface area contributed by atoms with Gasteiger partial charge >= 0.3 is 0 Å². The van der Waals surface area contributed by atoms with Gasteiger partial charge in [-0.3, -0.25) is 19.1 Å². The minimum atomic E-state index is -0.303. The number of aromatic nitrogens is 3. The molecule has 3 aromatic heterocycles. The molecule has 33 heavy (non-hydrogen) atoms. The molecule has 1 amide bonds. The van der Waals surface area contributed by atoms with Crippen LogP contribution in [-0.4, -0.2) is 31.9 Å². The molecule has 0 radical (unpaired) electrons. The summed E-state index contributed by atoms with van der Waals surface area (Å²) in [5.41, 5.74) is 3.63. The number of hydrogen-bond acceptors (Lipinski definition) is 4. The highest BCUT2D eigenvalue weighted by atomic mass is 16.2. The molecule has 0 N–H and O–H groups in total. The number of likely N-dealkylation sites (tertiary alicyclic amines) is 1. The molecule has 0 aliphatic carbocycles.